The van der Waals surface area contributed by atoms with Crippen molar-refractivity contribution in [2.75, 3.05) is 0 Å². The van der Waals surface area contributed by atoms with Crippen molar-refractivity contribution < 1.29 is 23.9 Å². The van der Waals surface area contributed by atoms with Crippen LogP contribution in [0.15, 0.2) is 46.8 Å². The second-order valence-electron chi connectivity index (χ2n) is 9.05. The summed E-state index contributed by atoms with van der Waals surface area (Å²) in [6.07, 6.45) is 0.863. The van der Waals surface area contributed by atoms with Crippen LogP contribution in [-0.4, -0.2) is 23.8 Å². The van der Waals surface area contributed by atoms with Crippen LogP contribution in [0.2, 0.25) is 0 Å². The van der Waals surface area contributed by atoms with Gasteiger partial charge in [-0.1, -0.05) is 26.0 Å². The summed E-state index contributed by atoms with van der Waals surface area (Å²) in [6, 6.07) is 6.94. The van der Waals surface area contributed by atoms with Crippen molar-refractivity contribution in [2.45, 2.75) is 66.4 Å². The SMILES string of the molecule is CC(=O)Oc1ccc([C@H]2C(C(=O)OC(C)C)=C(C)NC3=C2C(=O)CC(C)(C)C3)cc1. The largest absolute Gasteiger partial charge is 0.460 e. The predicted octanol–water partition coefficient (Wildman–Crippen LogP) is 4.17. The van der Waals surface area contributed by atoms with E-state index in [4.69, 9.17) is 9.47 Å². The fraction of sp³-hybridized carbons (Fsp3) is 0.458. The second kappa shape index (κ2) is 8.09. The summed E-state index contributed by atoms with van der Waals surface area (Å²) in [4.78, 5) is 37.4. The van der Waals surface area contributed by atoms with Crippen LogP contribution < -0.4 is 10.1 Å². The number of benzene rings is 1. The van der Waals surface area contributed by atoms with E-state index in [-0.39, 0.29) is 17.3 Å². The number of rotatable bonds is 4. The number of carbonyl (C=O) groups excluding carboxylic acids is 3. The molecule has 0 saturated heterocycles. The second-order valence-corrected chi connectivity index (χ2v) is 9.05. The summed E-state index contributed by atoms with van der Waals surface area (Å²) in [5.41, 5.74) is 3.25. The number of hydrogen-bond donors (Lipinski definition) is 1. The Balaban J connectivity index is 2.11. The monoisotopic (exact) mass is 411 g/mol. The highest BCUT2D eigenvalue weighted by molar-refractivity contribution is 6.04. The molecule has 0 saturated carbocycles. The van der Waals surface area contributed by atoms with Gasteiger partial charge in [0.05, 0.1) is 11.7 Å². The summed E-state index contributed by atoms with van der Waals surface area (Å²) in [5, 5.41) is 3.31. The number of allylic oxidation sites excluding steroid dienone is 3. The van der Waals surface area contributed by atoms with Crippen LogP contribution in [0.4, 0.5) is 0 Å². The van der Waals surface area contributed by atoms with Gasteiger partial charge in [0.2, 0.25) is 0 Å². The minimum Gasteiger partial charge on any atom is -0.460 e. The molecule has 6 heteroatoms. The quantitative estimate of drug-likeness (QED) is 0.592. The lowest BCUT2D eigenvalue weighted by atomic mass is 9.68. The zero-order valence-corrected chi connectivity index (χ0v) is 18.4. The Morgan fingerprint density at radius 2 is 1.77 bits per heavy atom. The summed E-state index contributed by atoms with van der Waals surface area (Å²) in [7, 11) is 0. The van der Waals surface area contributed by atoms with Gasteiger partial charge in [0.25, 0.3) is 0 Å². The van der Waals surface area contributed by atoms with Crippen LogP contribution in [0.3, 0.4) is 0 Å². The van der Waals surface area contributed by atoms with E-state index >= 15 is 0 Å². The Labute approximate surface area is 177 Å². The molecule has 0 unspecified atom stereocenters. The minimum atomic E-state index is -0.525. The van der Waals surface area contributed by atoms with E-state index in [1.54, 1.807) is 38.1 Å². The van der Waals surface area contributed by atoms with Gasteiger partial charge in [0.1, 0.15) is 5.75 Å². The van der Waals surface area contributed by atoms with E-state index < -0.39 is 17.9 Å². The molecule has 1 heterocycles. The van der Waals surface area contributed by atoms with Crippen molar-refractivity contribution in [3.63, 3.8) is 0 Å². The fourth-order valence-electron chi connectivity index (χ4n) is 4.21. The van der Waals surface area contributed by atoms with Crippen molar-refractivity contribution in [3.8, 4) is 5.75 Å². The molecule has 0 amide bonds. The number of ketones is 1. The van der Waals surface area contributed by atoms with Crippen LogP contribution in [0.25, 0.3) is 0 Å². The molecule has 1 aliphatic heterocycles. The fourth-order valence-corrected chi connectivity index (χ4v) is 4.21. The third-order valence-electron chi connectivity index (χ3n) is 5.28. The maximum absolute atomic E-state index is 13.2. The lowest BCUT2D eigenvalue weighted by Gasteiger charge is -2.39. The standard InChI is InChI=1S/C24H29NO5/c1-13(2)29-23(28)20-14(3)25-18-11-24(5,6)12-19(27)22(18)21(20)16-7-9-17(10-8-16)30-15(4)26/h7-10,13,21,25H,11-12H2,1-6H3/t21-/m0/s1. The smallest absolute Gasteiger partial charge is 0.337 e. The number of Topliss-reactive ketones (excluding diaryl/α,β-unsaturated/α-hetero) is 1. The Bertz CT molecular complexity index is 950. The zero-order chi connectivity index (χ0) is 22.2. The third-order valence-corrected chi connectivity index (χ3v) is 5.28. The average Bonchev–Trinajstić information content (AvgIpc) is 2.58. The van der Waals surface area contributed by atoms with E-state index in [9.17, 15) is 14.4 Å². The first-order valence-electron chi connectivity index (χ1n) is 10.2. The highest BCUT2D eigenvalue weighted by Crippen LogP contribution is 2.47. The Hall–Kier alpha value is -2.89. The van der Waals surface area contributed by atoms with Crippen LogP contribution in [-0.2, 0) is 19.1 Å². The van der Waals surface area contributed by atoms with Gasteiger partial charge in [0.15, 0.2) is 5.78 Å². The molecule has 1 aromatic rings. The lowest BCUT2D eigenvalue weighted by Crippen LogP contribution is -2.39. The van der Waals surface area contributed by atoms with Gasteiger partial charge >= 0.3 is 11.9 Å². The molecule has 1 atom stereocenters. The molecule has 1 aliphatic carbocycles. The molecular formula is C24H29NO5. The molecule has 1 N–H and O–H groups in total. The maximum Gasteiger partial charge on any atom is 0.337 e. The van der Waals surface area contributed by atoms with Gasteiger partial charge in [0, 0.05) is 36.2 Å². The van der Waals surface area contributed by atoms with E-state index in [1.165, 1.54) is 6.92 Å². The Morgan fingerprint density at radius 1 is 1.13 bits per heavy atom. The number of ether oxygens (including phenoxy) is 2. The highest BCUT2D eigenvalue weighted by atomic mass is 16.5. The molecule has 6 nitrogen and oxygen atoms in total. The summed E-state index contributed by atoms with van der Waals surface area (Å²) in [5.74, 6) is -0.922. The van der Waals surface area contributed by atoms with Crippen LogP contribution in [0.1, 0.15) is 65.9 Å². The predicted molar refractivity (Wildman–Crippen MR) is 113 cm³/mol. The van der Waals surface area contributed by atoms with E-state index in [0.29, 0.717) is 29.0 Å². The molecule has 0 spiro atoms. The molecule has 2 aliphatic rings. The normalized spacial score (nSPS) is 20.6. The molecule has 3 rings (SSSR count). The average molecular weight is 411 g/mol. The Morgan fingerprint density at radius 3 is 2.33 bits per heavy atom. The molecule has 30 heavy (non-hydrogen) atoms. The summed E-state index contributed by atoms with van der Waals surface area (Å²) >= 11 is 0. The first-order valence-corrected chi connectivity index (χ1v) is 10.2. The number of dihydropyridines is 1. The highest BCUT2D eigenvalue weighted by Gasteiger charge is 2.43. The van der Waals surface area contributed by atoms with Gasteiger partial charge in [-0.3, -0.25) is 9.59 Å². The zero-order valence-electron chi connectivity index (χ0n) is 18.4. The molecule has 1 aromatic carbocycles. The van der Waals surface area contributed by atoms with Crippen LogP contribution in [0, 0.1) is 5.41 Å². The molecule has 0 fully saturated rings. The van der Waals surface area contributed by atoms with E-state index in [1.807, 2.05) is 6.92 Å². The lowest BCUT2D eigenvalue weighted by molar-refractivity contribution is -0.143. The first kappa shape index (κ1) is 21.8. The number of carbonyl (C=O) groups is 3. The third kappa shape index (κ3) is 4.48. The van der Waals surface area contributed by atoms with Crippen LogP contribution >= 0.6 is 0 Å². The van der Waals surface area contributed by atoms with E-state index in [0.717, 1.165) is 17.7 Å². The molecule has 160 valence electrons. The maximum atomic E-state index is 13.2. The topological polar surface area (TPSA) is 81.7 Å². The number of hydrogen-bond acceptors (Lipinski definition) is 6. The number of nitrogens with one attached hydrogen (secondary N) is 1. The van der Waals surface area contributed by atoms with Gasteiger partial charge in [-0.2, -0.15) is 0 Å². The van der Waals surface area contributed by atoms with Crippen molar-refractivity contribution in [1.29, 1.82) is 0 Å². The molecule has 0 aromatic heterocycles. The van der Waals surface area contributed by atoms with Crippen LogP contribution in [0.5, 0.6) is 5.75 Å². The summed E-state index contributed by atoms with van der Waals surface area (Å²) in [6.45, 7) is 10.9. The van der Waals surface area contributed by atoms with Gasteiger partial charge in [-0.25, -0.2) is 4.79 Å². The van der Waals surface area contributed by atoms with Crippen molar-refractivity contribution in [1.82, 2.24) is 5.32 Å². The molecular weight excluding hydrogens is 382 g/mol. The van der Waals surface area contributed by atoms with Crippen molar-refractivity contribution in [2.24, 2.45) is 5.41 Å². The van der Waals surface area contributed by atoms with Crippen molar-refractivity contribution >= 4 is 17.7 Å². The van der Waals surface area contributed by atoms with E-state index in [2.05, 4.69) is 19.2 Å². The minimum absolute atomic E-state index is 0.0326. The number of esters is 2. The van der Waals surface area contributed by atoms with Gasteiger partial charge < -0.3 is 14.8 Å². The van der Waals surface area contributed by atoms with Crippen molar-refractivity contribution in [3.05, 3.63) is 52.4 Å². The van der Waals surface area contributed by atoms with Gasteiger partial charge in [-0.05, 0) is 50.3 Å². The van der Waals surface area contributed by atoms with Gasteiger partial charge in [-0.15, -0.1) is 0 Å². The molecule has 0 bridgehead atoms. The Kier molecular flexibility index (Phi) is 5.88. The summed E-state index contributed by atoms with van der Waals surface area (Å²) < 4.78 is 10.6. The molecule has 0 radical (unpaired) electrons. The first-order chi connectivity index (χ1) is 14.0.